The molecule has 0 amide bonds. The molecule has 0 saturated carbocycles. The van der Waals surface area contributed by atoms with Crippen molar-refractivity contribution in [2.24, 2.45) is 0 Å². The summed E-state index contributed by atoms with van der Waals surface area (Å²) < 4.78 is 10.6. The first-order chi connectivity index (χ1) is 8.65. The third-order valence-corrected chi connectivity index (χ3v) is 2.57. The topological polar surface area (TPSA) is 44.2 Å². The second-order valence-corrected chi connectivity index (χ2v) is 4.51. The van der Waals surface area contributed by atoms with Crippen LogP contribution in [0.3, 0.4) is 0 Å². The molecule has 0 unspecified atom stereocenters. The molecule has 18 heavy (non-hydrogen) atoms. The Labute approximate surface area is 120 Å². The Morgan fingerprint density at radius 3 is 1.89 bits per heavy atom. The zero-order chi connectivity index (χ0) is 13.4. The predicted octanol–water partition coefficient (Wildman–Crippen LogP) is 3.23. The van der Waals surface area contributed by atoms with Gasteiger partial charge in [0.25, 0.3) is 0 Å². The van der Waals surface area contributed by atoms with E-state index in [4.69, 9.17) is 9.47 Å². The Balaban J connectivity index is 0.000000180. The van der Waals surface area contributed by atoms with Crippen molar-refractivity contribution in [2.45, 2.75) is 4.90 Å². The van der Waals surface area contributed by atoms with Crippen LogP contribution in [0.1, 0.15) is 0 Å². The number of ether oxygens (including phenoxy) is 2. The zero-order valence-electron chi connectivity index (χ0n) is 10.0. The van der Waals surface area contributed by atoms with Crippen LogP contribution in [0.15, 0.2) is 46.0 Å². The highest BCUT2D eigenvalue weighted by atomic mass is 79.9. The van der Waals surface area contributed by atoms with Crippen molar-refractivity contribution in [3.63, 3.8) is 0 Å². The van der Waals surface area contributed by atoms with E-state index in [1.54, 1.807) is 38.7 Å². The number of halogens is 1. The normalized spacial score (nSPS) is 9.11. The highest BCUT2D eigenvalue weighted by Crippen LogP contribution is 2.11. The third kappa shape index (κ3) is 5.37. The molecular formula is C12H13BrN2O2S. The van der Waals surface area contributed by atoms with Gasteiger partial charge in [0.1, 0.15) is 0 Å². The Bertz CT molecular complexity index is 417. The number of hydrogen-bond donors (Lipinski definition) is 1. The second-order valence-electron chi connectivity index (χ2n) is 3.08. The van der Waals surface area contributed by atoms with Gasteiger partial charge in [0, 0.05) is 33.9 Å². The lowest BCUT2D eigenvalue weighted by Gasteiger charge is -1.95. The molecule has 0 aliphatic heterocycles. The first-order valence-corrected chi connectivity index (χ1v) is 6.24. The summed E-state index contributed by atoms with van der Waals surface area (Å²) in [6.07, 6.45) is 3.33. The van der Waals surface area contributed by atoms with Crippen molar-refractivity contribution < 1.29 is 9.47 Å². The van der Waals surface area contributed by atoms with E-state index < -0.39 is 0 Å². The monoisotopic (exact) mass is 328 g/mol. The number of aromatic nitrogens is 2. The summed E-state index contributed by atoms with van der Waals surface area (Å²) in [5, 5.41) is 0. The van der Waals surface area contributed by atoms with Crippen molar-refractivity contribution in [1.29, 1.82) is 0 Å². The van der Waals surface area contributed by atoms with Crippen molar-refractivity contribution in [3.05, 3.63) is 41.1 Å². The van der Waals surface area contributed by atoms with Crippen molar-refractivity contribution in [2.75, 3.05) is 14.2 Å². The van der Waals surface area contributed by atoms with Crippen molar-refractivity contribution in [1.82, 2.24) is 9.97 Å². The molecule has 0 radical (unpaired) electrons. The standard InChI is InChI=1S/C6H6BrNO.C6H7NOS/c1-9-6-3-2-5(7)4-8-6;1-8-6-3-2-5(9)4-7-6/h2-4H,1H3;2-4,9H,1H3. The summed E-state index contributed by atoms with van der Waals surface area (Å²) in [6, 6.07) is 7.27. The van der Waals surface area contributed by atoms with E-state index >= 15 is 0 Å². The molecule has 2 aromatic heterocycles. The second kappa shape index (κ2) is 7.94. The van der Waals surface area contributed by atoms with Crippen LogP contribution in [0.4, 0.5) is 0 Å². The smallest absolute Gasteiger partial charge is 0.212 e. The van der Waals surface area contributed by atoms with Crippen LogP contribution in [0.2, 0.25) is 0 Å². The van der Waals surface area contributed by atoms with Gasteiger partial charge in [0.05, 0.1) is 14.2 Å². The van der Waals surface area contributed by atoms with Crippen LogP contribution in [0.5, 0.6) is 11.8 Å². The quantitative estimate of drug-likeness (QED) is 0.859. The molecule has 0 N–H and O–H groups in total. The molecule has 0 aliphatic carbocycles. The van der Waals surface area contributed by atoms with Crippen LogP contribution < -0.4 is 9.47 Å². The molecule has 0 fully saturated rings. The number of methoxy groups -OCH3 is 2. The van der Waals surface area contributed by atoms with Crippen LogP contribution in [-0.2, 0) is 0 Å². The number of thiol groups is 1. The lowest BCUT2D eigenvalue weighted by atomic mass is 10.5. The lowest BCUT2D eigenvalue weighted by molar-refractivity contribution is 0.397. The fraction of sp³-hybridized carbons (Fsp3) is 0.167. The van der Waals surface area contributed by atoms with E-state index in [0.717, 1.165) is 9.37 Å². The van der Waals surface area contributed by atoms with E-state index in [2.05, 4.69) is 38.5 Å². The van der Waals surface area contributed by atoms with Gasteiger partial charge in [-0.3, -0.25) is 0 Å². The molecule has 2 heterocycles. The van der Waals surface area contributed by atoms with Gasteiger partial charge in [-0.05, 0) is 28.1 Å². The summed E-state index contributed by atoms with van der Waals surface area (Å²) in [4.78, 5) is 8.67. The van der Waals surface area contributed by atoms with Gasteiger partial charge in [-0.1, -0.05) is 0 Å². The summed E-state index contributed by atoms with van der Waals surface area (Å²) >= 11 is 7.31. The Morgan fingerprint density at radius 2 is 1.50 bits per heavy atom. The summed E-state index contributed by atoms with van der Waals surface area (Å²) in [7, 11) is 3.18. The van der Waals surface area contributed by atoms with E-state index in [1.165, 1.54) is 0 Å². The van der Waals surface area contributed by atoms with Crippen molar-refractivity contribution in [3.8, 4) is 11.8 Å². The number of pyridine rings is 2. The van der Waals surface area contributed by atoms with Gasteiger partial charge in [-0.2, -0.15) is 0 Å². The highest BCUT2D eigenvalue weighted by molar-refractivity contribution is 9.10. The predicted molar refractivity (Wildman–Crippen MR) is 76.5 cm³/mol. The molecule has 2 rings (SSSR count). The Kier molecular flexibility index (Phi) is 6.53. The van der Waals surface area contributed by atoms with E-state index in [1.807, 2.05) is 12.1 Å². The fourth-order valence-electron chi connectivity index (χ4n) is 0.976. The highest BCUT2D eigenvalue weighted by Gasteiger charge is 1.89. The minimum absolute atomic E-state index is 0.618. The average Bonchev–Trinajstić information content (AvgIpc) is 2.41. The first-order valence-electron chi connectivity index (χ1n) is 5.00. The zero-order valence-corrected chi connectivity index (χ0v) is 12.5. The molecule has 0 atom stereocenters. The molecular weight excluding hydrogens is 316 g/mol. The average molecular weight is 329 g/mol. The maximum atomic E-state index is 4.84. The molecule has 96 valence electrons. The maximum Gasteiger partial charge on any atom is 0.212 e. The van der Waals surface area contributed by atoms with Crippen LogP contribution in [0.25, 0.3) is 0 Å². The molecule has 0 aliphatic rings. The molecule has 0 bridgehead atoms. The number of rotatable bonds is 2. The largest absolute Gasteiger partial charge is 0.481 e. The fourth-order valence-corrected chi connectivity index (χ4v) is 1.34. The van der Waals surface area contributed by atoms with Gasteiger partial charge in [-0.25, -0.2) is 9.97 Å². The van der Waals surface area contributed by atoms with Gasteiger partial charge in [-0.15, -0.1) is 12.6 Å². The molecule has 2 aromatic rings. The van der Waals surface area contributed by atoms with Crippen LogP contribution >= 0.6 is 28.6 Å². The third-order valence-electron chi connectivity index (χ3n) is 1.84. The Hall–Kier alpha value is -1.27. The molecule has 0 aromatic carbocycles. The minimum atomic E-state index is 0.618. The SMILES string of the molecule is COc1ccc(Br)cn1.COc1ccc(S)cn1. The molecule has 6 heteroatoms. The summed E-state index contributed by atoms with van der Waals surface area (Å²) in [6.45, 7) is 0. The van der Waals surface area contributed by atoms with Crippen LogP contribution in [0, 0.1) is 0 Å². The van der Waals surface area contributed by atoms with E-state index in [9.17, 15) is 0 Å². The number of hydrogen-bond acceptors (Lipinski definition) is 5. The maximum absolute atomic E-state index is 4.84. The van der Waals surface area contributed by atoms with Gasteiger partial charge in [0.2, 0.25) is 11.8 Å². The van der Waals surface area contributed by atoms with Gasteiger partial charge < -0.3 is 9.47 Å². The molecule has 4 nitrogen and oxygen atoms in total. The lowest BCUT2D eigenvalue weighted by Crippen LogP contribution is -1.84. The minimum Gasteiger partial charge on any atom is -0.481 e. The molecule has 0 spiro atoms. The van der Waals surface area contributed by atoms with Gasteiger partial charge >= 0.3 is 0 Å². The Morgan fingerprint density at radius 1 is 0.944 bits per heavy atom. The van der Waals surface area contributed by atoms with Gasteiger partial charge in [0.15, 0.2) is 0 Å². The summed E-state index contributed by atoms with van der Waals surface area (Å²) in [5.74, 6) is 1.26. The van der Waals surface area contributed by atoms with Crippen LogP contribution in [-0.4, -0.2) is 24.2 Å². The summed E-state index contributed by atoms with van der Waals surface area (Å²) in [5.41, 5.74) is 0. The first kappa shape index (κ1) is 14.8. The van der Waals surface area contributed by atoms with E-state index in [-0.39, 0.29) is 0 Å². The van der Waals surface area contributed by atoms with Crippen molar-refractivity contribution >= 4 is 28.6 Å². The molecule has 0 saturated heterocycles. The van der Waals surface area contributed by atoms with E-state index in [0.29, 0.717) is 11.8 Å². The number of nitrogens with zero attached hydrogens (tertiary/aromatic N) is 2.